The van der Waals surface area contributed by atoms with Crippen LogP contribution in [0.2, 0.25) is 0 Å². The predicted molar refractivity (Wildman–Crippen MR) is 77.6 cm³/mol. The fraction of sp³-hybridized carbons (Fsp3) is 0.312. The topological polar surface area (TPSA) is 12.9 Å². The van der Waals surface area contributed by atoms with Crippen LogP contribution < -0.4 is 0 Å². The minimum atomic E-state index is -0.515. The van der Waals surface area contributed by atoms with Gasteiger partial charge in [0.25, 0.3) is 0 Å². The SMILES string of the molecule is C=Cc1c(/C(=C/CC)CCC)ccnc1C(=C)F. The van der Waals surface area contributed by atoms with E-state index >= 15 is 0 Å². The zero-order valence-electron chi connectivity index (χ0n) is 11.2. The minimum Gasteiger partial charge on any atom is -0.253 e. The van der Waals surface area contributed by atoms with Gasteiger partial charge in [0, 0.05) is 11.8 Å². The third kappa shape index (κ3) is 3.16. The summed E-state index contributed by atoms with van der Waals surface area (Å²) in [7, 11) is 0. The van der Waals surface area contributed by atoms with E-state index in [4.69, 9.17) is 0 Å². The predicted octanol–water partition coefficient (Wildman–Crippen LogP) is 5.26. The molecule has 18 heavy (non-hydrogen) atoms. The van der Waals surface area contributed by atoms with Gasteiger partial charge < -0.3 is 0 Å². The molecule has 0 aliphatic carbocycles. The van der Waals surface area contributed by atoms with Crippen LogP contribution in [0.5, 0.6) is 0 Å². The highest BCUT2D eigenvalue weighted by molar-refractivity contribution is 5.79. The van der Waals surface area contributed by atoms with Gasteiger partial charge in [-0.3, -0.25) is 4.98 Å². The largest absolute Gasteiger partial charge is 0.253 e. The number of hydrogen-bond acceptors (Lipinski definition) is 1. The summed E-state index contributed by atoms with van der Waals surface area (Å²) in [4.78, 5) is 4.04. The molecule has 0 atom stereocenters. The van der Waals surface area contributed by atoms with Crippen LogP contribution in [-0.4, -0.2) is 4.98 Å². The number of pyridine rings is 1. The van der Waals surface area contributed by atoms with Crippen LogP contribution in [0.3, 0.4) is 0 Å². The molecule has 0 aliphatic heterocycles. The van der Waals surface area contributed by atoms with Crippen LogP contribution in [0, 0.1) is 0 Å². The zero-order chi connectivity index (χ0) is 13.5. The lowest BCUT2D eigenvalue weighted by Gasteiger charge is -2.12. The maximum absolute atomic E-state index is 13.4. The van der Waals surface area contributed by atoms with Crippen molar-refractivity contribution < 1.29 is 4.39 Å². The van der Waals surface area contributed by atoms with Crippen LogP contribution in [0.15, 0.2) is 31.5 Å². The summed E-state index contributed by atoms with van der Waals surface area (Å²) < 4.78 is 13.4. The van der Waals surface area contributed by atoms with Crippen molar-refractivity contribution in [2.45, 2.75) is 33.1 Å². The molecule has 0 bridgehead atoms. The van der Waals surface area contributed by atoms with E-state index in [1.807, 2.05) is 6.07 Å². The highest BCUT2D eigenvalue weighted by Gasteiger charge is 2.12. The molecule has 0 aromatic carbocycles. The molecule has 1 rings (SSSR count). The summed E-state index contributed by atoms with van der Waals surface area (Å²) in [5.74, 6) is -0.515. The Morgan fingerprint density at radius 2 is 2.17 bits per heavy atom. The van der Waals surface area contributed by atoms with E-state index in [2.05, 4.69) is 38.1 Å². The number of hydrogen-bond donors (Lipinski definition) is 0. The van der Waals surface area contributed by atoms with Crippen LogP contribution >= 0.6 is 0 Å². The van der Waals surface area contributed by atoms with Crippen molar-refractivity contribution in [1.29, 1.82) is 0 Å². The Morgan fingerprint density at radius 3 is 2.67 bits per heavy atom. The Hall–Kier alpha value is -1.70. The molecule has 0 fully saturated rings. The Labute approximate surface area is 109 Å². The van der Waals surface area contributed by atoms with Gasteiger partial charge in [0.1, 0.15) is 11.5 Å². The highest BCUT2D eigenvalue weighted by atomic mass is 19.1. The average Bonchev–Trinajstić information content (AvgIpc) is 2.37. The first kappa shape index (κ1) is 14.4. The Kier molecular flexibility index (Phi) is 5.50. The van der Waals surface area contributed by atoms with Crippen molar-refractivity contribution in [2.24, 2.45) is 0 Å². The van der Waals surface area contributed by atoms with Crippen molar-refractivity contribution in [3.05, 3.63) is 48.3 Å². The van der Waals surface area contributed by atoms with Crippen molar-refractivity contribution in [3.63, 3.8) is 0 Å². The first-order valence-electron chi connectivity index (χ1n) is 6.31. The minimum absolute atomic E-state index is 0.292. The van der Waals surface area contributed by atoms with E-state index in [1.54, 1.807) is 12.3 Å². The molecule has 96 valence electrons. The normalized spacial score (nSPS) is 11.4. The number of aromatic nitrogens is 1. The van der Waals surface area contributed by atoms with Gasteiger partial charge in [-0.1, -0.05) is 45.6 Å². The van der Waals surface area contributed by atoms with Crippen LogP contribution in [0.1, 0.15) is 49.9 Å². The summed E-state index contributed by atoms with van der Waals surface area (Å²) in [6.07, 6.45) is 8.44. The van der Waals surface area contributed by atoms with Gasteiger partial charge in [0.15, 0.2) is 0 Å². The first-order chi connectivity index (χ1) is 8.65. The lowest BCUT2D eigenvalue weighted by molar-refractivity contribution is 0.755. The van der Waals surface area contributed by atoms with E-state index in [0.717, 1.165) is 30.4 Å². The molecule has 0 spiro atoms. The van der Waals surface area contributed by atoms with Crippen molar-refractivity contribution >= 4 is 17.5 Å². The van der Waals surface area contributed by atoms with E-state index in [9.17, 15) is 4.39 Å². The van der Waals surface area contributed by atoms with Crippen LogP contribution in [0.4, 0.5) is 4.39 Å². The maximum Gasteiger partial charge on any atom is 0.142 e. The molecule has 0 saturated carbocycles. The Morgan fingerprint density at radius 1 is 1.44 bits per heavy atom. The van der Waals surface area contributed by atoms with Gasteiger partial charge in [0.05, 0.1) is 0 Å². The third-order valence-corrected chi connectivity index (χ3v) is 2.77. The lowest BCUT2D eigenvalue weighted by atomic mass is 9.95. The van der Waals surface area contributed by atoms with Gasteiger partial charge in [-0.2, -0.15) is 0 Å². The fourth-order valence-electron chi connectivity index (χ4n) is 2.04. The van der Waals surface area contributed by atoms with Gasteiger partial charge in [-0.25, -0.2) is 4.39 Å². The fourth-order valence-corrected chi connectivity index (χ4v) is 2.04. The molecule has 0 unspecified atom stereocenters. The highest BCUT2D eigenvalue weighted by Crippen LogP contribution is 2.29. The number of rotatable bonds is 6. The second-order valence-corrected chi connectivity index (χ2v) is 4.12. The molecular formula is C16H20FN. The smallest absolute Gasteiger partial charge is 0.142 e. The molecule has 1 heterocycles. The molecule has 0 saturated heterocycles. The molecule has 1 aromatic heterocycles. The van der Waals surface area contributed by atoms with E-state index in [0.29, 0.717) is 5.69 Å². The summed E-state index contributed by atoms with van der Waals surface area (Å²) in [5, 5.41) is 0. The molecular weight excluding hydrogens is 225 g/mol. The Bertz CT molecular complexity index is 472. The standard InChI is InChI=1S/C16H20FN/c1-5-8-13(9-6-2)15-10-11-18-16(12(4)17)14(15)7-3/h7-8,10-11H,3-6,9H2,1-2H3/b13-8+. The van der Waals surface area contributed by atoms with Crippen LogP contribution in [0.25, 0.3) is 17.5 Å². The maximum atomic E-state index is 13.4. The average molecular weight is 245 g/mol. The monoisotopic (exact) mass is 245 g/mol. The third-order valence-electron chi connectivity index (χ3n) is 2.77. The van der Waals surface area contributed by atoms with E-state index < -0.39 is 5.83 Å². The molecule has 1 nitrogen and oxygen atoms in total. The summed E-state index contributed by atoms with van der Waals surface area (Å²) in [6.45, 7) is 11.3. The molecule has 0 radical (unpaired) electrons. The van der Waals surface area contributed by atoms with Crippen LogP contribution in [-0.2, 0) is 0 Å². The molecule has 0 aliphatic rings. The second-order valence-electron chi connectivity index (χ2n) is 4.12. The van der Waals surface area contributed by atoms with Crippen molar-refractivity contribution in [2.75, 3.05) is 0 Å². The number of allylic oxidation sites excluding steroid dienone is 2. The first-order valence-corrected chi connectivity index (χ1v) is 6.31. The summed E-state index contributed by atoms with van der Waals surface area (Å²) >= 11 is 0. The lowest BCUT2D eigenvalue weighted by Crippen LogP contribution is -1.96. The number of nitrogens with zero attached hydrogens (tertiary/aromatic N) is 1. The molecule has 2 heteroatoms. The van der Waals surface area contributed by atoms with Gasteiger partial charge in [-0.05, 0) is 30.0 Å². The quantitative estimate of drug-likeness (QED) is 0.666. The van der Waals surface area contributed by atoms with Gasteiger partial charge in [-0.15, -0.1) is 0 Å². The second kappa shape index (κ2) is 6.90. The molecule has 0 N–H and O–H groups in total. The van der Waals surface area contributed by atoms with Gasteiger partial charge in [0.2, 0.25) is 0 Å². The van der Waals surface area contributed by atoms with E-state index in [1.165, 1.54) is 5.57 Å². The van der Waals surface area contributed by atoms with E-state index in [-0.39, 0.29) is 0 Å². The Balaban J connectivity index is 3.38. The molecule has 0 amide bonds. The van der Waals surface area contributed by atoms with Gasteiger partial charge >= 0.3 is 0 Å². The summed E-state index contributed by atoms with van der Waals surface area (Å²) in [6, 6.07) is 1.92. The van der Waals surface area contributed by atoms with Crippen molar-refractivity contribution in [1.82, 2.24) is 4.98 Å². The molecule has 1 aromatic rings. The van der Waals surface area contributed by atoms with Crippen molar-refractivity contribution in [3.8, 4) is 0 Å². The zero-order valence-corrected chi connectivity index (χ0v) is 11.2. The summed E-state index contributed by atoms with van der Waals surface area (Å²) in [5.41, 5.74) is 3.26. The number of halogens is 1.